The first kappa shape index (κ1) is 16.3. The Morgan fingerprint density at radius 3 is 2.55 bits per heavy atom. The van der Waals surface area contributed by atoms with E-state index in [9.17, 15) is 19.5 Å². The highest BCUT2D eigenvalue weighted by atomic mass is 127. The molecule has 1 aromatic heterocycles. The van der Waals surface area contributed by atoms with E-state index < -0.39 is 18.1 Å². The third-order valence-electron chi connectivity index (χ3n) is 3.43. The lowest BCUT2D eigenvalue weighted by atomic mass is 10.2. The molecule has 1 atom stereocenters. The molecule has 2 rings (SSSR count). The minimum atomic E-state index is -1.30. The van der Waals surface area contributed by atoms with E-state index in [2.05, 4.69) is 4.98 Å². The maximum atomic E-state index is 12.0. The molecule has 1 fully saturated rings. The number of halogens is 1. The van der Waals surface area contributed by atoms with Crippen LogP contribution in [0.4, 0.5) is 16.6 Å². The van der Waals surface area contributed by atoms with E-state index in [1.165, 1.54) is 11.6 Å². The summed E-state index contributed by atoms with van der Waals surface area (Å²) in [5, 5.41) is 18.2. The molecule has 10 nitrogen and oxygen atoms in total. The molecule has 0 aliphatic carbocycles. The van der Waals surface area contributed by atoms with Gasteiger partial charge in [-0.05, 0) is 22.6 Å². The Hall–Kier alpha value is -2.05. The molecule has 11 heteroatoms. The number of carboxylic acids is 1. The molecule has 0 saturated carbocycles. The average molecular weight is 423 g/mol. The molecule has 120 valence electrons. The quantitative estimate of drug-likeness (QED) is 0.526. The van der Waals surface area contributed by atoms with E-state index in [1.807, 2.05) is 0 Å². The number of nitrogens with zero attached hydrogens (tertiary/aromatic N) is 4. The van der Waals surface area contributed by atoms with Crippen LogP contribution in [0, 0.1) is 3.57 Å². The predicted molar refractivity (Wildman–Crippen MR) is 85.0 cm³/mol. The first-order chi connectivity index (χ1) is 10.2. The van der Waals surface area contributed by atoms with Crippen LogP contribution in [0.2, 0.25) is 0 Å². The van der Waals surface area contributed by atoms with Crippen LogP contribution in [-0.2, 0) is 11.8 Å². The molecule has 1 aliphatic heterocycles. The van der Waals surface area contributed by atoms with Crippen LogP contribution in [0.1, 0.15) is 0 Å². The van der Waals surface area contributed by atoms with Gasteiger partial charge < -0.3 is 20.8 Å². The Balaban J connectivity index is 2.38. The van der Waals surface area contributed by atoms with Crippen molar-refractivity contribution in [3.8, 4) is 0 Å². The number of hydrogen-bond acceptors (Lipinski definition) is 6. The Kier molecular flexibility index (Phi) is 4.44. The van der Waals surface area contributed by atoms with Crippen LogP contribution in [0.15, 0.2) is 4.79 Å². The second-order valence-corrected chi connectivity index (χ2v) is 5.83. The molecule has 0 radical (unpaired) electrons. The van der Waals surface area contributed by atoms with Gasteiger partial charge in [-0.3, -0.25) is 14.3 Å². The highest BCUT2D eigenvalue weighted by Crippen LogP contribution is 2.19. The molecular weight excluding hydrogens is 409 g/mol. The van der Waals surface area contributed by atoms with Crippen LogP contribution in [0.5, 0.6) is 0 Å². The van der Waals surface area contributed by atoms with Gasteiger partial charge in [0.15, 0.2) is 0 Å². The number of hydrogen-bond donors (Lipinski definition) is 3. The summed E-state index contributed by atoms with van der Waals surface area (Å²) in [5.74, 6) is -0.971. The van der Waals surface area contributed by atoms with Crippen LogP contribution in [0.25, 0.3) is 0 Å². The predicted octanol–water partition coefficient (Wildman–Crippen LogP) is -0.780. The van der Waals surface area contributed by atoms with E-state index in [1.54, 1.807) is 27.5 Å². The minimum Gasteiger partial charge on any atom is -0.480 e. The Morgan fingerprint density at radius 1 is 1.36 bits per heavy atom. The summed E-state index contributed by atoms with van der Waals surface area (Å²) in [6, 6.07) is -1.23. The van der Waals surface area contributed by atoms with Gasteiger partial charge in [-0.25, -0.2) is 9.59 Å². The second kappa shape index (κ2) is 5.98. The molecule has 0 bridgehead atoms. The monoisotopic (exact) mass is 423 g/mol. The lowest BCUT2D eigenvalue weighted by Crippen LogP contribution is -2.59. The van der Waals surface area contributed by atoms with Gasteiger partial charge in [0, 0.05) is 20.1 Å². The number of carboxylic acid groups (broad SMARTS) is 2. The van der Waals surface area contributed by atoms with Crippen molar-refractivity contribution in [3.05, 3.63) is 13.9 Å². The van der Waals surface area contributed by atoms with Gasteiger partial charge in [-0.15, -0.1) is 0 Å². The van der Waals surface area contributed by atoms with Gasteiger partial charge in [-0.2, -0.15) is 4.98 Å². The lowest BCUT2D eigenvalue weighted by molar-refractivity contribution is -0.142. The normalized spacial score (nSPS) is 18.4. The van der Waals surface area contributed by atoms with E-state index in [0.29, 0.717) is 0 Å². The van der Waals surface area contributed by atoms with Gasteiger partial charge in [0.05, 0.1) is 6.54 Å². The number of amides is 1. The number of anilines is 2. The maximum absolute atomic E-state index is 12.0. The fourth-order valence-corrected chi connectivity index (χ4v) is 2.75. The third kappa shape index (κ3) is 2.80. The van der Waals surface area contributed by atoms with Crippen molar-refractivity contribution in [2.75, 3.05) is 30.3 Å². The molecule has 1 saturated heterocycles. The van der Waals surface area contributed by atoms with Crippen LogP contribution in [0.3, 0.4) is 0 Å². The number of aromatic nitrogens is 2. The summed E-state index contributed by atoms with van der Waals surface area (Å²) >= 11 is 1.79. The average Bonchev–Trinajstić information content (AvgIpc) is 2.48. The van der Waals surface area contributed by atoms with E-state index >= 15 is 0 Å². The molecule has 22 heavy (non-hydrogen) atoms. The first-order valence-corrected chi connectivity index (χ1v) is 7.31. The Bertz CT molecular complexity index is 690. The number of nitrogen functional groups attached to an aromatic ring is 1. The molecule has 0 aromatic carbocycles. The van der Waals surface area contributed by atoms with Crippen molar-refractivity contribution in [3.63, 3.8) is 0 Å². The summed E-state index contributed by atoms with van der Waals surface area (Å²) in [5.41, 5.74) is 5.35. The van der Waals surface area contributed by atoms with Gasteiger partial charge in [0.2, 0.25) is 5.95 Å². The summed E-state index contributed by atoms with van der Waals surface area (Å²) in [7, 11) is 1.51. The minimum absolute atomic E-state index is 0.00589. The fourth-order valence-electron chi connectivity index (χ4n) is 2.27. The van der Waals surface area contributed by atoms with Crippen LogP contribution >= 0.6 is 22.6 Å². The number of rotatable bonds is 2. The third-order valence-corrected chi connectivity index (χ3v) is 4.45. The first-order valence-electron chi connectivity index (χ1n) is 6.23. The Morgan fingerprint density at radius 2 is 2.00 bits per heavy atom. The molecule has 0 spiro atoms. The van der Waals surface area contributed by atoms with E-state index in [4.69, 9.17) is 10.8 Å². The largest absolute Gasteiger partial charge is 0.480 e. The van der Waals surface area contributed by atoms with E-state index in [0.717, 1.165) is 4.90 Å². The number of aliphatic carboxylic acids is 1. The van der Waals surface area contributed by atoms with Crippen molar-refractivity contribution in [1.82, 2.24) is 14.5 Å². The highest BCUT2D eigenvalue weighted by molar-refractivity contribution is 14.1. The number of nitrogens with two attached hydrogens (primary N) is 1. The topological polar surface area (TPSA) is 142 Å². The van der Waals surface area contributed by atoms with Gasteiger partial charge >= 0.3 is 12.1 Å². The highest BCUT2D eigenvalue weighted by Gasteiger charge is 2.36. The summed E-state index contributed by atoms with van der Waals surface area (Å²) in [6.07, 6.45) is -1.30. The molecule has 1 aromatic rings. The summed E-state index contributed by atoms with van der Waals surface area (Å²) in [6.45, 7) is 0.104. The van der Waals surface area contributed by atoms with Crippen LogP contribution < -0.4 is 16.2 Å². The molecule has 1 amide bonds. The van der Waals surface area contributed by atoms with Crippen molar-refractivity contribution < 1.29 is 19.8 Å². The fraction of sp³-hybridized carbons (Fsp3) is 0.455. The zero-order chi connectivity index (χ0) is 16.6. The summed E-state index contributed by atoms with van der Waals surface area (Å²) in [4.78, 5) is 40.9. The van der Waals surface area contributed by atoms with Gasteiger partial charge in [-0.1, -0.05) is 0 Å². The molecular formula is C11H14IN5O5. The summed E-state index contributed by atoms with van der Waals surface area (Å²) < 4.78 is 1.55. The number of carbonyl (C=O) groups is 2. The lowest BCUT2D eigenvalue weighted by Gasteiger charge is -2.38. The molecule has 0 unspecified atom stereocenters. The smallest absolute Gasteiger partial charge is 0.408 e. The zero-order valence-corrected chi connectivity index (χ0v) is 13.7. The van der Waals surface area contributed by atoms with Crippen molar-refractivity contribution in [1.29, 1.82) is 0 Å². The van der Waals surface area contributed by atoms with Crippen molar-refractivity contribution >= 4 is 46.4 Å². The Labute approximate surface area is 138 Å². The molecule has 1 aliphatic rings. The molecule has 4 N–H and O–H groups in total. The zero-order valence-electron chi connectivity index (χ0n) is 11.6. The second-order valence-electron chi connectivity index (χ2n) is 4.75. The van der Waals surface area contributed by atoms with Gasteiger partial charge in [0.1, 0.15) is 15.4 Å². The van der Waals surface area contributed by atoms with Crippen LogP contribution in [-0.4, -0.2) is 62.4 Å². The van der Waals surface area contributed by atoms with E-state index in [-0.39, 0.29) is 40.5 Å². The number of piperazine rings is 1. The molecule has 2 heterocycles. The standard InChI is InChI=1S/C11H14IN5O5/c1-15-8(18)6(12)7(13)14-10(15)16-2-3-17(11(21)22)5(4-16)9(19)20/h5H,2-4,13H2,1H3,(H,19,20)(H,21,22)/t5-/m1/s1. The van der Waals surface area contributed by atoms with Gasteiger partial charge in [0.25, 0.3) is 5.56 Å². The SMILES string of the molecule is Cn1c(N2CCN(C(=O)O)[C@@H](C(=O)O)C2)nc(N)c(I)c1=O. The maximum Gasteiger partial charge on any atom is 0.408 e. The van der Waals surface area contributed by atoms with Crippen molar-refractivity contribution in [2.45, 2.75) is 6.04 Å². The van der Waals surface area contributed by atoms with Crippen molar-refractivity contribution in [2.24, 2.45) is 7.05 Å².